The molecule has 0 atom stereocenters. The van der Waals surface area contributed by atoms with Crippen LogP contribution in [0.25, 0.3) is 21.9 Å². The standard InChI is InChI=1S/C14H10ClN3/c15-10-6-12(14(16)18-7-10)11-3-1-2-9-4-5-17-8-13(9)11/h1-8H,(H2,16,18). The van der Waals surface area contributed by atoms with Crippen LogP contribution in [0.4, 0.5) is 5.82 Å². The second-order valence-corrected chi connectivity index (χ2v) is 4.43. The van der Waals surface area contributed by atoms with E-state index in [-0.39, 0.29) is 0 Å². The first kappa shape index (κ1) is 11.0. The second-order valence-electron chi connectivity index (χ2n) is 3.99. The lowest BCUT2D eigenvalue weighted by Gasteiger charge is -2.08. The molecule has 0 amide bonds. The molecule has 4 heteroatoms. The SMILES string of the molecule is Nc1ncc(Cl)cc1-c1cccc2ccncc12. The van der Waals surface area contributed by atoms with Gasteiger partial charge in [-0.25, -0.2) is 4.98 Å². The molecule has 0 fully saturated rings. The Morgan fingerprint density at radius 1 is 1.06 bits per heavy atom. The number of halogens is 1. The van der Waals surface area contributed by atoms with Crippen LogP contribution in [0.5, 0.6) is 0 Å². The Kier molecular flexibility index (Phi) is 2.61. The van der Waals surface area contributed by atoms with Crippen LogP contribution in [0.2, 0.25) is 5.02 Å². The number of hydrogen-bond donors (Lipinski definition) is 1. The lowest BCUT2D eigenvalue weighted by atomic mass is 10.0. The third-order valence-electron chi connectivity index (χ3n) is 2.86. The average molecular weight is 256 g/mol. The minimum absolute atomic E-state index is 0.468. The third-order valence-corrected chi connectivity index (χ3v) is 3.07. The summed E-state index contributed by atoms with van der Waals surface area (Å²) in [4.78, 5) is 8.24. The molecule has 0 saturated carbocycles. The molecule has 0 unspecified atom stereocenters. The van der Waals surface area contributed by atoms with Crippen molar-refractivity contribution in [3.63, 3.8) is 0 Å². The van der Waals surface area contributed by atoms with Gasteiger partial charge in [-0.05, 0) is 23.1 Å². The van der Waals surface area contributed by atoms with Crippen molar-refractivity contribution < 1.29 is 0 Å². The Labute approximate surface area is 109 Å². The first-order valence-corrected chi connectivity index (χ1v) is 5.87. The number of rotatable bonds is 1. The molecule has 0 aliphatic heterocycles. The summed E-state index contributed by atoms with van der Waals surface area (Å²) < 4.78 is 0. The Morgan fingerprint density at radius 2 is 1.94 bits per heavy atom. The van der Waals surface area contributed by atoms with Crippen LogP contribution < -0.4 is 5.73 Å². The maximum Gasteiger partial charge on any atom is 0.131 e. The second kappa shape index (κ2) is 4.27. The van der Waals surface area contributed by atoms with E-state index in [0.717, 1.165) is 21.9 Å². The number of benzene rings is 1. The largest absolute Gasteiger partial charge is 0.383 e. The summed E-state index contributed by atoms with van der Waals surface area (Å²) in [5, 5.41) is 2.72. The number of aromatic nitrogens is 2. The summed E-state index contributed by atoms with van der Waals surface area (Å²) in [6.45, 7) is 0. The fraction of sp³-hybridized carbons (Fsp3) is 0. The van der Waals surface area contributed by atoms with Crippen LogP contribution in [-0.4, -0.2) is 9.97 Å². The van der Waals surface area contributed by atoms with Crippen LogP contribution in [0.1, 0.15) is 0 Å². The molecule has 3 nitrogen and oxygen atoms in total. The van der Waals surface area contributed by atoms with Gasteiger partial charge in [0.2, 0.25) is 0 Å². The normalized spacial score (nSPS) is 10.7. The van der Waals surface area contributed by atoms with Gasteiger partial charge in [-0.2, -0.15) is 0 Å². The van der Waals surface area contributed by atoms with Gasteiger partial charge < -0.3 is 5.73 Å². The zero-order valence-electron chi connectivity index (χ0n) is 9.47. The van der Waals surface area contributed by atoms with Gasteiger partial charge in [-0.1, -0.05) is 29.8 Å². The van der Waals surface area contributed by atoms with E-state index in [9.17, 15) is 0 Å². The van der Waals surface area contributed by atoms with E-state index in [0.29, 0.717) is 10.8 Å². The minimum Gasteiger partial charge on any atom is -0.383 e. The van der Waals surface area contributed by atoms with Crippen LogP contribution in [0.15, 0.2) is 48.9 Å². The fourth-order valence-corrected chi connectivity index (χ4v) is 2.17. The summed E-state index contributed by atoms with van der Waals surface area (Å²) >= 11 is 5.98. The van der Waals surface area contributed by atoms with E-state index in [4.69, 9.17) is 17.3 Å². The Hall–Kier alpha value is -2.13. The molecular formula is C14H10ClN3. The highest BCUT2D eigenvalue weighted by Gasteiger charge is 2.08. The number of nitrogens with two attached hydrogens (primary N) is 1. The van der Waals surface area contributed by atoms with Crippen LogP contribution >= 0.6 is 11.6 Å². The van der Waals surface area contributed by atoms with Crippen molar-refractivity contribution in [2.45, 2.75) is 0 Å². The van der Waals surface area contributed by atoms with E-state index in [1.165, 1.54) is 0 Å². The Bertz CT molecular complexity index is 720. The van der Waals surface area contributed by atoms with Crippen LogP contribution in [0.3, 0.4) is 0 Å². The van der Waals surface area contributed by atoms with Crippen molar-refractivity contribution >= 4 is 28.2 Å². The van der Waals surface area contributed by atoms with Crippen molar-refractivity contribution in [3.05, 3.63) is 53.9 Å². The smallest absolute Gasteiger partial charge is 0.131 e. The molecule has 3 rings (SSSR count). The number of fused-ring (bicyclic) bond motifs is 1. The highest BCUT2D eigenvalue weighted by atomic mass is 35.5. The zero-order chi connectivity index (χ0) is 12.5. The van der Waals surface area contributed by atoms with Crippen molar-refractivity contribution in [2.24, 2.45) is 0 Å². The molecular weight excluding hydrogens is 246 g/mol. The summed E-state index contributed by atoms with van der Waals surface area (Å²) in [6.07, 6.45) is 5.14. The molecule has 1 aromatic carbocycles. The molecule has 2 N–H and O–H groups in total. The van der Waals surface area contributed by atoms with E-state index in [2.05, 4.69) is 9.97 Å². The molecule has 2 heterocycles. The van der Waals surface area contributed by atoms with Crippen LogP contribution in [0, 0.1) is 0 Å². The molecule has 88 valence electrons. The van der Waals surface area contributed by atoms with Gasteiger partial charge in [0, 0.05) is 29.5 Å². The Balaban J connectivity index is 2.35. The first-order valence-electron chi connectivity index (χ1n) is 5.50. The number of hydrogen-bond acceptors (Lipinski definition) is 3. The highest BCUT2D eigenvalue weighted by Crippen LogP contribution is 2.32. The number of anilines is 1. The summed E-state index contributed by atoms with van der Waals surface area (Å²) in [5.74, 6) is 0.468. The van der Waals surface area contributed by atoms with E-state index in [1.54, 1.807) is 12.4 Å². The molecule has 0 aliphatic carbocycles. The highest BCUT2D eigenvalue weighted by molar-refractivity contribution is 6.30. The van der Waals surface area contributed by atoms with Gasteiger partial charge in [0.05, 0.1) is 5.02 Å². The van der Waals surface area contributed by atoms with Gasteiger partial charge in [0.15, 0.2) is 0 Å². The first-order chi connectivity index (χ1) is 8.75. The topological polar surface area (TPSA) is 51.8 Å². The number of nitrogen functional groups attached to an aromatic ring is 1. The average Bonchev–Trinajstić information content (AvgIpc) is 2.41. The molecule has 2 aromatic heterocycles. The quantitative estimate of drug-likeness (QED) is 0.724. The van der Waals surface area contributed by atoms with Gasteiger partial charge in [-0.3, -0.25) is 4.98 Å². The van der Waals surface area contributed by atoms with Gasteiger partial charge in [0.1, 0.15) is 5.82 Å². The number of nitrogens with zero attached hydrogens (tertiary/aromatic N) is 2. The van der Waals surface area contributed by atoms with Crippen molar-refractivity contribution in [3.8, 4) is 11.1 Å². The molecule has 0 saturated heterocycles. The monoisotopic (exact) mass is 255 g/mol. The third kappa shape index (κ3) is 1.79. The van der Waals surface area contributed by atoms with Crippen LogP contribution in [-0.2, 0) is 0 Å². The molecule has 0 radical (unpaired) electrons. The van der Waals surface area contributed by atoms with E-state index in [1.807, 2.05) is 36.5 Å². The number of pyridine rings is 2. The lowest BCUT2D eigenvalue weighted by molar-refractivity contribution is 1.33. The lowest BCUT2D eigenvalue weighted by Crippen LogP contribution is -1.94. The summed E-state index contributed by atoms with van der Waals surface area (Å²) in [5.41, 5.74) is 7.75. The maximum absolute atomic E-state index is 5.98. The van der Waals surface area contributed by atoms with E-state index < -0.39 is 0 Å². The molecule has 0 aliphatic rings. The predicted molar refractivity (Wildman–Crippen MR) is 74.4 cm³/mol. The summed E-state index contributed by atoms with van der Waals surface area (Å²) in [7, 11) is 0. The zero-order valence-corrected chi connectivity index (χ0v) is 10.2. The maximum atomic E-state index is 5.98. The van der Waals surface area contributed by atoms with Gasteiger partial charge >= 0.3 is 0 Å². The summed E-state index contributed by atoms with van der Waals surface area (Å²) in [6, 6.07) is 9.80. The molecule has 3 aromatic rings. The molecule has 18 heavy (non-hydrogen) atoms. The fourth-order valence-electron chi connectivity index (χ4n) is 2.01. The van der Waals surface area contributed by atoms with Gasteiger partial charge in [-0.15, -0.1) is 0 Å². The molecule has 0 spiro atoms. The van der Waals surface area contributed by atoms with Crippen molar-refractivity contribution in [1.29, 1.82) is 0 Å². The molecule has 0 bridgehead atoms. The van der Waals surface area contributed by atoms with E-state index >= 15 is 0 Å². The predicted octanol–water partition coefficient (Wildman–Crippen LogP) is 3.53. The van der Waals surface area contributed by atoms with Crippen molar-refractivity contribution in [2.75, 3.05) is 5.73 Å². The van der Waals surface area contributed by atoms with Gasteiger partial charge in [0.25, 0.3) is 0 Å². The Morgan fingerprint density at radius 3 is 2.83 bits per heavy atom. The van der Waals surface area contributed by atoms with Crippen molar-refractivity contribution in [1.82, 2.24) is 9.97 Å². The minimum atomic E-state index is 0.468.